The van der Waals surface area contributed by atoms with Crippen LogP contribution in [-0.2, 0) is 14.8 Å². The van der Waals surface area contributed by atoms with E-state index in [2.05, 4.69) is 5.32 Å². The molecule has 162 valence electrons. The number of carbonyl (C=O) groups excluding carboxylic acids is 1. The Morgan fingerprint density at radius 2 is 2.03 bits per heavy atom. The maximum atomic E-state index is 12.9. The van der Waals surface area contributed by atoms with E-state index in [1.807, 2.05) is 26.0 Å². The highest BCUT2D eigenvalue weighted by molar-refractivity contribution is 7.92. The van der Waals surface area contributed by atoms with Gasteiger partial charge in [-0.3, -0.25) is 9.10 Å². The third-order valence-electron chi connectivity index (χ3n) is 4.79. The number of nitrogens with zero attached hydrogens (tertiary/aromatic N) is 1. The van der Waals surface area contributed by atoms with E-state index in [9.17, 15) is 13.2 Å². The number of rotatable bonds is 6. The molecule has 0 saturated carbocycles. The topological polar surface area (TPSA) is 84.9 Å². The van der Waals surface area contributed by atoms with E-state index >= 15 is 0 Å². The van der Waals surface area contributed by atoms with Crippen molar-refractivity contribution in [2.24, 2.45) is 0 Å². The zero-order valence-corrected chi connectivity index (χ0v) is 18.9. The molecule has 7 nitrogen and oxygen atoms in total. The van der Waals surface area contributed by atoms with Gasteiger partial charge >= 0.3 is 0 Å². The fraction of sp³-hybridized carbons (Fsp3) is 0.381. The monoisotopic (exact) mass is 452 g/mol. The molecule has 1 heterocycles. The van der Waals surface area contributed by atoms with Gasteiger partial charge in [0, 0.05) is 17.0 Å². The summed E-state index contributed by atoms with van der Waals surface area (Å²) in [6.07, 6.45) is 1.58. The van der Waals surface area contributed by atoms with Crippen LogP contribution in [0.25, 0.3) is 0 Å². The molecule has 3 rings (SSSR count). The molecule has 2 aromatic rings. The van der Waals surface area contributed by atoms with Crippen LogP contribution in [0.3, 0.4) is 0 Å². The maximum Gasteiger partial charge on any atom is 0.241 e. The first-order chi connectivity index (χ1) is 14.0. The molecule has 0 spiro atoms. The van der Waals surface area contributed by atoms with Crippen molar-refractivity contribution in [1.29, 1.82) is 0 Å². The number of methoxy groups -OCH3 is 1. The molecular weight excluding hydrogens is 428 g/mol. The van der Waals surface area contributed by atoms with Gasteiger partial charge in [-0.25, -0.2) is 8.42 Å². The summed E-state index contributed by atoms with van der Waals surface area (Å²) in [4.78, 5) is 12.9. The van der Waals surface area contributed by atoms with Crippen LogP contribution in [0.5, 0.6) is 11.5 Å². The first-order valence-corrected chi connectivity index (χ1v) is 11.6. The second kappa shape index (κ2) is 8.35. The number of anilines is 1. The van der Waals surface area contributed by atoms with Gasteiger partial charge in [-0.15, -0.1) is 0 Å². The summed E-state index contributed by atoms with van der Waals surface area (Å²) in [5.74, 6) is 0.872. The quantitative estimate of drug-likeness (QED) is 0.724. The smallest absolute Gasteiger partial charge is 0.241 e. The second-order valence-corrected chi connectivity index (χ2v) is 10.2. The normalized spacial score (nSPS) is 17.4. The minimum Gasteiger partial charge on any atom is -0.497 e. The first-order valence-electron chi connectivity index (χ1n) is 9.38. The van der Waals surface area contributed by atoms with Gasteiger partial charge in [0.2, 0.25) is 15.9 Å². The van der Waals surface area contributed by atoms with E-state index < -0.39 is 21.5 Å². The standard InChI is InChI=1S/C21H25ClN2O5S/c1-21(2)12-18(17-11-16(28-3)8-9-19(17)29-21)23-20(25)13-24(30(4,26)27)15-7-5-6-14(22)10-15/h5-11,18H,12-13H2,1-4H3,(H,23,25). The molecule has 0 fully saturated rings. The Balaban J connectivity index is 1.86. The summed E-state index contributed by atoms with van der Waals surface area (Å²) in [5, 5.41) is 3.34. The van der Waals surface area contributed by atoms with Crippen molar-refractivity contribution in [2.75, 3.05) is 24.2 Å². The average molecular weight is 453 g/mol. The number of amides is 1. The predicted octanol–water partition coefficient (Wildman–Crippen LogP) is 3.53. The molecule has 9 heteroatoms. The van der Waals surface area contributed by atoms with Crippen molar-refractivity contribution < 1.29 is 22.7 Å². The van der Waals surface area contributed by atoms with Crippen molar-refractivity contribution in [3.8, 4) is 11.5 Å². The first kappa shape index (κ1) is 22.2. The number of carbonyl (C=O) groups is 1. The molecule has 2 aromatic carbocycles. The van der Waals surface area contributed by atoms with E-state index in [1.165, 1.54) is 6.07 Å². The van der Waals surface area contributed by atoms with Crippen LogP contribution in [0, 0.1) is 0 Å². The predicted molar refractivity (Wildman–Crippen MR) is 117 cm³/mol. The largest absolute Gasteiger partial charge is 0.497 e. The lowest BCUT2D eigenvalue weighted by Gasteiger charge is -2.38. The second-order valence-electron chi connectivity index (χ2n) is 7.84. The molecule has 0 radical (unpaired) electrons. The molecule has 0 aromatic heterocycles. The molecule has 0 saturated heterocycles. The van der Waals surface area contributed by atoms with Crippen LogP contribution in [0.4, 0.5) is 5.69 Å². The van der Waals surface area contributed by atoms with Crippen molar-refractivity contribution in [3.05, 3.63) is 53.1 Å². The Morgan fingerprint density at radius 1 is 1.30 bits per heavy atom. The molecular formula is C21H25ClN2O5S. The molecule has 30 heavy (non-hydrogen) atoms. The summed E-state index contributed by atoms with van der Waals surface area (Å²) >= 11 is 6.00. The zero-order valence-electron chi connectivity index (χ0n) is 17.3. The van der Waals surface area contributed by atoms with E-state index in [0.717, 1.165) is 16.1 Å². The average Bonchev–Trinajstić information content (AvgIpc) is 2.64. The third kappa shape index (κ3) is 5.17. The van der Waals surface area contributed by atoms with E-state index in [1.54, 1.807) is 31.4 Å². The lowest BCUT2D eigenvalue weighted by atomic mass is 9.89. The molecule has 1 aliphatic rings. The highest BCUT2D eigenvalue weighted by Crippen LogP contribution is 2.41. The Kier molecular flexibility index (Phi) is 6.19. The molecule has 1 atom stereocenters. The van der Waals surface area contributed by atoms with Crippen molar-refractivity contribution in [3.63, 3.8) is 0 Å². The van der Waals surface area contributed by atoms with Gasteiger partial charge in [-0.05, 0) is 50.2 Å². The Hall–Kier alpha value is -2.45. The van der Waals surface area contributed by atoms with Gasteiger partial charge < -0.3 is 14.8 Å². The van der Waals surface area contributed by atoms with Gasteiger partial charge in [0.05, 0.1) is 25.1 Å². The van der Waals surface area contributed by atoms with Crippen LogP contribution in [-0.4, -0.2) is 39.8 Å². The number of sulfonamides is 1. The third-order valence-corrected chi connectivity index (χ3v) is 6.17. The number of ether oxygens (including phenoxy) is 2. The van der Waals surface area contributed by atoms with E-state index in [-0.39, 0.29) is 12.6 Å². The highest BCUT2D eigenvalue weighted by Gasteiger charge is 2.35. The van der Waals surface area contributed by atoms with Crippen LogP contribution in [0.15, 0.2) is 42.5 Å². The van der Waals surface area contributed by atoms with Gasteiger partial charge in [0.15, 0.2) is 0 Å². The number of fused-ring (bicyclic) bond motifs is 1. The van der Waals surface area contributed by atoms with Gasteiger partial charge in [0.1, 0.15) is 23.6 Å². The highest BCUT2D eigenvalue weighted by atomic mass is 35.5. The lowest BCUT2D eigenvalue weighted by Crippen LogP contribution is -2.45. The summed E-state index contributed by atoms with van der Waals surface area (Å²) in [6.45, 7) is 3.51. The SMILES string of the molecule is COc1ccc2c(c1)C(NC(=O)CN(c1cccc(Cl)c1)S(C)(=O)=O)CC(C)(C)O2. The van der Waals surface area contributed by atoms with Gasteiger partial charge in [-0.2, -0.15) is 0 Å². The van der Waals surface area contributed by atoms with E-state index in [0.29, 0.717) is 28.6 Å². The molecule has 1 N–H and O–H groups in total. The fourth-order valence-electron chi connectivity index (χ4n) is 3.49. The molecule has 0 aliphatic carbocycles. The van der Waals surface area contributed by atoms with Crippen molar-refractivity contribution >= 4 is 33.2 Å². The number of hydrogen-bond acceptors (Lipinski definition) is 5. The summed E-state index contributed by atoms with van der Waals surface area (Å²) in [5.41, 5.74) is 0.619. The molecule has 1 amide bonds. The molecule has 1 unspecified atom stereocenters. The van der Waals surface area contributed by atoms with E-state index in [4.69, 9.17) is 21.1 Å². The van der Waals surface area contributed by atoms with Gasteiger partial charge in [0.25, 0.3) is 0 Å². The van der Waals surface area contributed by atoms with Crippen LogP contribution in [0.1, 0.15) is 31.9 Å². The summed E-state index contributed by atoms with van der Waals surface area (Å²) in [6, 6.07) is 11.4. The minimum atomic E-state index is -3.70. The fourth-order valence-corrected chi connectivity index (χ4v) is 4.52. The number of benzene rings is 2. The number of hydrogen-bond donors (Lipinski definition) is 1. The lowest BCUT2D eigenvalue weighted by molar-refractivity contribution is -0.120. The minimum absolute atomic E-state index is 0.328. The van der Waals surface area contributed by atoms with Gasteiger partial charge in [-0.1, -0.05) is 17.7 Å². The zero-order chi connectivity index (χ0) is 22.1. The summed E-state index contributed by atoms with van der Waals surface area (Å²) < 4.78 is 37.0. The Labute approximate surface area is 182 Å². The number of nitrogens with one attached hydrogen (secondary N) is 1. The van der Waals surface area contributed by atoms with Crippen LogP contribution in [0.2, 0.25) is 5.02 Å². The molecule has 1 aliphatic heterocycles. The summed E-state index contributed by atoms with van der Waals surface area (Å²) in [7, 11) is -2.13. The van der Waals surface area contributed by atoms with Crippen molar-refractivity contribution in [2.45, 2.75) is 31.9 Å². The van der Waals surface area contributed by atoms with Crippen LogP contribution >= 0.6 is 11.6 Å². The van der Waals surface area contributed by atoms with Crippen molar-refractivity contribution in [1.82, 2.24) is 5.32 Å². The number of halogens is 1. The van der Waals surface area contributed by atoms with Crippen LogP contribution < -0.4 is 19.1 Å². The maximum absolute atomic E-state index is 12.9. The molecule has 0 bridgehead atoms. The Bertz CT molecular complexity index is 1060. The Morgan fingerprint density at radius 3 is 2.67 bits per heavy atom.